The minimum Gasteiger partial charge on any atom is -0.315 e. The SMILES string of the molecule is CCC(C)C(CN(C)OSN(C)C1=CCC=CS1)NC. The fourth-order valence-corrected chi connectivity index (χ4v) is 3.22. The van der Waals surface area contributed by atoms with Crippen molar-refractivity contribution in [2.24, 2.45) is 5.92 Å². The molecule has 2 unspecified atom stereocenters. The van der Waals surface area contributed by atoms with E-state index in [9.17, 15) is 0 Å². The van der Waals surface area contributed by atoms with Gasteiger partial charge in [-0.25, -0.2) is 4.28 Å². The summed E-state index contributed by atoms with van der Waals surface area (Å²) in [6.45, 7) is 5.36. The van der Waals surface area contributed by atoms with E-state index in [1.54, 1.807) is 11.8 Å². The lowest BCUT2D eigenvalue weighted by Crippen LogP contribution is -2.41. The molecule has 2 atom stereocenters. The average molecular weight is 318 g/mol. The first kappa shape index (κ1) is 17.9. The number of allylic oxidation sites excluding steroid dienone is 2. The zero-order valence-electron chi connectivity index (χ0n) is 13.1. The molecule has 1 aliphatic heterocycles. The molecule has 1 N–H and O–H groups in total. The van der Waals surface area contributed by atoms with Crippen LogP contribution in [0.25, 0.3) is 0 Å². The predicted molar refractivity (Wildman–Crippen MR) is 90.8 cm³/mol. The fourth-order valence-electron chi connectivity index (χ4n) is 1.88. The summed E-state index contributed by atoms with van der Waals surface area (Å²) in [6, 6.07) is 0.446. The molecule has 1 heterocycles. The molecule has 0 spiro atoms. The van der Waals surface area contributed by atoms with Crippen LogP contribution < -0.4 is 5.32 Å². The van der Waals surface area contributed by atoms with E-state index in [1.807, 2.05) is 26.2 Å². The summed E-state index contributed by atoms with van der Waals surface area (Å²) in [5, 5.41) is 8.61. The summed E-state index contributed by atoms with van der Waals surface area (Å²) in [5.74, 6) is 0.635. The molecule has 4 nitrogen and oxygen atoms in total. The van der Waals surface area contributed by atoms with E-state index in [0.717, 1.165) is 13.0 Å². The van der Waals surface area contributed by atoms with E-state index in [4.69, 9.17) is 4.28 Å². The van der Waals surface area contributed by atoms with Gasteiger partial charge < -0.3 is 5.32 Å². The lowest BCUT2D eigenvalue weighted by Gasteiger charge is -2.28. The summed E-state index contributed by atoms with van der Waals surface area (Å²) >= 11 is 3.10. The van der Waals surface area contributed by atoms with E-state index in [1.165, 1.54) is 23.7 Å². The van der Waals surface area contributed by atoms with Crippen LogP contribution >= 0.6 is 24.0 Å². The highest BCUT2D eigenvalue weighted by Gasteiger charge is 2.17. The Balaban J connectivity index is 2.31. The lowest BCUT2D eigenvalue weighted by molar-refractivity contribution is -0.0244. The highest BCUT2D eigenvalue weighted by molar-refractivity contribution is 8.06. The maximum atomic E-state index is 5.74. The third-order valence-corrected chi connectivity index (χ3v) is 5.32. The van der Waals surface area contributed by atoms with Gasteiger partial charge in [-0.05, 0) is 30.9 Å². The average Bonchev–Trinajstić information content (AvgIpc) is 2.50. The van der Waals surface area contributed by atoms with Gasteiger partial charge in [0.25, 0.3) is 0 Å². The zero-order valence-corrected chi connectivity index (χ0v) is 14.8. The molecule has 0 saturated carbocycles. The minimum atomic E-state index is 0.446. The summed E-state index contributed by atoms with van der Waals surface area (Å²) in [7, 11) is 6.02. The Morgan fingerprint density at radius 3 is 2.80 bits per heavy atom. The Morgan fingerprint density at radius 2 is 2.25 bits per heavy atom. The molecule has 0 fully saturated rings. The van der Waals surface area contributed by atoms with Crippen molar-refractivity contribution in [2.45, 2.75) is 32.7 Å². The first-order valence-electron chi connectivity index (χ1n) is 7.07. The van der Waals surface area contributed by atoms with Crippen LogP contribution in [0.3, 0.4) is 0 Å². The Kier molecular flexibility index (Phi) is 8.72. The van der Waals surface area contributed by atoms with E-state index >= 15 is 0 Å². The molecule has 0 aromatic heterocycles. The summed E-state index contributed by atoms with van der Waals surface area (Å²) < 4.78 is 7.80. The second kappa shape index (κ2) is 9.73. The minimum absolute atomic E-state index is 0.446. The lowest BCUT2D eigenvalue weighted by atomic mass is 9.99. The van der Waals surface area contributed by atoms with Crippen molar-refractivity contribution in [3.63, 3.8) is 0 Å². The molecule has 20 heavy (non-hydrogen) atoms. The third-order valence-electron chi connectivity index (χ3n) is 3.45. The van der Waals surface area contributed by atoms with Crippen LogP contribution in [-0.4, -0.2) is 43.1 Å². The molecule has 0 aliphatic carbocycles. The Morgan fingerprint density at radius 1 is 1.50 bits per heavy atom. The largest absolute Gasteiger partial charge is 0.315 e. The number of likely N-dealkylation sites (N-methyl/N-ethyl adjacent to an activating group) is 2. The van der Waals surface area contributed by atoms with E-state index in [-0.39, 0.29) is 0 Å². The number of hydrogen-bond donors (Lipinski definition) is 1. The van der Waals surface area contributed by atoms with Crippen molar-refractivity contribution in [3.05, 3.63) is 22.6 Å². The first-order chi connectivity index (χ1) is 9.58. The molecule has 0 radical (unpaired) electrons. The smallest absolute Gasteiger partial charge is 0.136 e. The van der Waals surface area contributed by atoms with Crippen LogP contribution in [0.2, 0.25) is 0 Å². The van der Waals surface area contributed by atoms with Gasteiger partial charge in [0.15, 0.2) is 0 Å². The number of thioether (sulfide) groups is 1. The maximum absolute atomic E-state index is 5.74. The normalized spacial score (nSPS) is 18.0. The number of nitrogens with one attached hydrogen (secondary N) is 1. The second-order valence-electron chi connectivity index (χ2n) is 5.01. The zero-order chi connectivity index (χ0) is 15.0. The number of hydroxylamine groups is 2. The van der Waals surface area contributed by atoms with Gasteiger partial charge in [0, 0.05) is 26.7 Å². The topological polar surface area (TPSA) is 27.7 Å². The van der Waals surface area contributed by atoms with Gasteiger partial charge in [-0.2, -0.15) is 5.06 Å². The number of hydrogen-bond acceptors (Lipinski definition) is 6. The summed E-state index contributed by atoms with van der Waals surface area (Å²) in [4.78, 5) is 0. The number of nitrogens with zero attached hydrogens (tertiary/aromatic N) is 2. The quantitative estimate of drug-likeness (QED) is 0.398. The van der Waals surface area contributed by atoms with E-state index < -0.39 is 0 Å². The standard InChI is InChI=1S/C14H27N3OS2/c1-6-12(2)13(15-3)11-16(4)18-20-17(5)14-9-7-8-10-19-14/h8-10,12-13,15H,6-7,11H2,1-5H3. The van der Waals surface area contributed by atoms with Crippen LogP contribution in [0.1, 0.15) is 26.7 Å². The molecule has 0 saturated heterocycles. The molecule has 0 amide bonds. The predicted octanol–water partition coefficient (Wildman–Crippen LogP) is 3.47. The Labute approximate surface area is 132 Å². The third kappa shape index (κ3) is 6.10. The molecular weight excluding hydrogens is 290 g/mol. The molecule has 0 bridgehead atoms. The van der Waals surface area contributed by atoms with Crippen LogP contribution in [0.15, 0.2) is 22.6 Å². The molecule has 1 rings (SSSR count). The molecular formula is C14H27N3OS2. The molecule has 0 aromatic rings. The first-order valence-corrected chi connectivity index (χ1v) is 8.65. The fraction of sp³-hybridized carbons (Fsp3) is 0.714. The van der Waals surface area contributed by atoms with Gasteiger partial charge >= 0.3 is 0 Å². The molecule has 6 heteroatoms. The Bertz CT molecular complexity index is 336. The van der Waals surface area contributed by atoms with Crippen LogP contribution in [0.5, 0.6) is 0 Å². The van der Waals surface area contributed by atoms with Gasteiger partial charge in [-0.15, -0.1) is 0 Å². The maximum Gasteiger partial charge on any atom is 0.136 e. The van der Waals surface area contributed by atoms with Crippen molar-refractivity contribution >= 4 is 24.0 Å². The summed E-state index contributed by atoms with van der Waals surface area (Å²) in [5.41, 5.74) is 0. The van der Waals surface area contributed by atoms with Crippen molar-refractivity contribution in [1.82, 2.24) is 14.7 Å². The van der Waals surface area contributed by atoms with Crippen LogP contribution in [0, 0.1) is 5.92 Å². The van der Waals surface area contributed by atoms with Crippen molar-refractivity contribution in [2.75, 3.05) is 27.7 Å². The molecule has 116 valence electrons. The molecule has 0 aromatic carbocycles. The van der Waals surface area contributed by atoms with Crippen LogP contribution in [-0.2, 0) is 4.28 Å². The van der Waals surface area contributed by atoms with Crippen molar-refractivity contribution in [3.8, 4) is 0 Å². The van der Waals surface area contributed by atoms with Gasteiger partial charge in [-0.3, -0.25) is 4.31 Å². The van der Waals surface area contributed by atoms with Crippen LogP contribution in [0.4, 0.5) is 0 Å². The Hall–Kier alpha value is -0.140. The molecule has 1 aliphatic rings. The van der Waals surface area contributed by atoms with Gasteiger partial charge in [0.1, 0.15) is 12.2 Å². The highest BCUT2D eigenvalue weighted by Crippen LogP contribution is 2.30. The van der Waals surface area contributed by atoms with Gasteiger partial charge in [0.2, 0.25) is 0 Å². The van der Waals surface area contributed by atoms with Crippen molar-refractivity contribution in [1.29, 1.82) is 0 Å². The van der Waals surface area contributed by atoms with E-state index in [2.05, 4.69) is 41.0 Å². The second-order valence-corrected chi connectivity index (χ2v) is 6.78. The van der Waals surface area contributed by atoms with Crippen molar-refractivity contribution < 1.29 is 4.28 Å². The monoisotopic (exact) mass is 317 g/mol. The summed E-state index contributed by atoms with van der Waals surface area (Å²) in [6.07, 6.45) is 6.53. The highest BCUT2D eigenvalue weighted by atomic mass is 32.2. The van der Waals surface area contributed by atoms with Gasteiger partial charge in [0.05, 0.1) is 5.03 Å². The van der Waals surface area contributed by atoms with E-state index in [0.29, 0.717) is 12.0 Å². The van der Waals surface area contributed by atoms with Gasteiger partial charge in [-0.1, -0.05) is 38.1 Å². The number of rotatable bonds is 9.